The van der Waals surface area contributed by atoms with E-state index in [9.17, 15) is 8.42 Å². The second-order valence-corrected chi connectivity index (χ2v) is 6.32. The number of nitrogens with zero attached hydrogens (tertiary/aromatic N) is 2. The zero-order valence-electron chi connectivity index (χ0n) is 10.5. The summed E-state index contributed by atoms with van der Waals surface area (Å²) < 4.78 is 21.9. The molecule has 6 heteroatoms. The van der Waals surface area contributed by atoms with Crippen LogP contribution >= 0.6 is 0 Å². The Bertz CT molecular complexity index is 472. The molecule has 0 amide bonds. The molecule has 0 unspecified atom stereocenters. The van der Waals surface area contributed by atoms with Gasteiger partial charge in [0.2, 0.25) is 0 Å². The van der Waals surface area contributed by atoms with Crippen molar-refractivity contribution in [1.29, 1.82) is 0 Å². The van der Waals surface area contributed by atoms with Crippen LogP contribution in [-0.2, 0) is 16.3 Å². The van der Waals surface area contributed by atoms with Crippen molar-refractivity contribution in [3.05, 3.63) is 17.6 Å². The molecule has 0 aliphatic carbocycles. The van der Waals surface area contributed by atoms with Gasteiger partial charge in [-0.15, -0.1) is 0 Å². The molecule has 0 saturated carbocycles. The van der Waals surface area contributed by atoms with Gasteiger partial charge in [0.15, 0.2) is 0 Å². The van der Waals surface area contributed by atoms with Crippen LogP contribution in [0.3, 0.4) is 0 Å². The summed E-state index contributed by atoms with van der Waals surface area (Å²) in [6.45, 7) is 4.49. The number of aromatic nitrogens is 2. The summed E-state index contributed by atoms with van der Waals surface area (Å²) in [5.41, 5.74) is 0.989. The van der Waals surface area contributed by atoms with Crippen LogP contribution in [0.2, 0.25) is 0 Å². The van der Waals surface area contributed by atoms with E-state index in [1.165, 1.54) is 6.26 Å². The van der Waals surface area contributed by atoms with E-state index in [1.54, 1.807) is 0 Å². The van der Waals surface area contributed by atoms with Gasteiger partial charge in [-0.25, -0.2) is 18.4 Å². The summed E-state index contributed by atoms with van der Waals surface area (Å²) in [5, 5.41) is 3.12. The Kier molecular flexibility index (Phi) is 4.86. The molecule has 1 N–H and O–H groups in total. The summed E-state index contributed by atoms with van der Waals surface area (Å²) in [5.74, 6) is 1.70. The van der Waals surface area contributed by atoms with Gasteiger partial charge in [0.05, 0.1) is 5.75 Å². The second-order valence-electron chi connectivity index (χ2n) is 4.06. The second kappa shape index (κ2) is 5.95. The Hall–Kier alpha value is -1.17. The number of hydrogen-bond donors (Lipinski definition) is 1. The summed E-state index contributed by atoms with van der Waals surface area (Å²) in [7, 11) is -2.87. The van der Waals surface area contributed by atoms with Crippen LogP contribution in [0.4, 0.5) is 5.82 Å². The van der Waals surface area contributed by atoms with Gasteiger partial charge in [-0.05, 0) is 19.8 Å². The molecule has 1 aromatic rings. The van der Waals surface area contributed by atoms with Gasteiger partial charge < -0.3 is 5.32 Å². The van der Waals surface area contributed by atoms with E-state index in [-0.39, 0.29) is 5.75 Å². The molecule has 0 fully saturated rings. The molecule has 1 rings (SSSR count). The Morgan fingerprint density at radius 1 is 1.35 bits per heavy atom. The lowest BCUT2D eigenvalue weighted by atomic mass is 10.3. The SMILES string of the molecule is CCc1cc(NCCCS(C)(=O)=O)nc(C)n1. The van der Waals surface area contributed by atoms with E-state index in [0.717, 1.165) is 23.8 Å². The van der Waals surface area contributed by atoms with Crippen LogP contribution in [0, 0.1) is 6.92 Å². The number of nitrogens with one attached hydrogen (secondary N) is 1. The van der Waals surface area contributed by atoms with Crippen LogP contribution in [0.1, 0.15) is 24.9 Å². The molecule has 5 nitrogen and oxygen atoms in total. The van der Waals surface area contributed by atoms with Gasteiger partial charge in [0.1, 0.15) is 21.5 Å². The Balaban J connectivity index is 2.49. The smallest absolute Gasteiger partial charge is 0.147 e. The highest BCUT2D eigenvalue weighted by atomic mass is 32.2. The largest absolute Gasteiger partial charge is 0.370 e. The fourth-order valence-corrected chi connectivity index (χ4v) is 2.12. The third kappa shape index (κ3) is 5.63. The average Bonchev–Trinajstić information content (AvgIpc) is 2.22. The standard InChI is InChI=1S/C11H19N3O2S/c1-4-10-8-11(14-9(2)13-10)12-6-5-7-17(3,15)16/h8H,4-7H2,1-3H3,(H,12,13,14). The molecule has 1 heterocycles. The van der Waals surface area contributed by atoms with Crippen molar-refractivity contribution >= 4 is 15.7 Å². The molecule has 0 aliphatic heterocycles. The lowest BCUT2D eigenvalue weighted by molar-refractivity contribution is 0.600. The molecule has 0 atom stereocenters. The Labute approximate surface area is 103 Å². The molecule has 0 spiro atoms. The van der Waals surface area contributed by atoms with Gasteiger partial charge in [0.25, 0.3) is 0 Å². The maximum absolute atomic E-state index is 10.9. The highest BCUT2D eigenvalue weighted by molar-refractivity contribution is 7.90. The monoisotopic (exact) mass is 257 g/mol. The molecule has 96 valence electrons. The summed E-state index contributed by atoms with van der Waals surface area (Å²) in [4.78, 5) is 8.52. The van der Waals surface area contributed by atoms with E-state index in [2.05, 4.69) is 15.3 Å². The molecule has 1 aromatic heterocycles. The molecule has 0 radical (unpaired) electrons. The summed E-state index contributed by atoms with van der Waals surface area (Å²) >= 11 is 0. The van der Waals surface area contributed by atoms with E-state index in [0.29, 0.717) is 13.0 Å². The topological polar surface area (TPSA) is 72.0 Å². The minimum absolute atomic E-state index is 0.199. The van der Waals surface area contributed by atoms with E-state index >= 15 is 0 Å². The molecular weight excluding hydrogens is 238 g/mol. The van der Waals surface area contributed by atoms with Crippen LogP contribution in [0.15, 0.2) is 6.07 Å². The fraction of sp³-hybridized carbons (Fsp3) is 0.636. The van der Waals surface area contributed by atoms with Gasteiger partial charge in [-0.2, -0.15) is 0 Å². The normalized spacial score (nSPS) is 11.5. The number of aryl methyl sites for hydroxylation is 2. The van der Waals surface area contributed by atoms with Gasteiger partial charge in [-0.1, -0.05) is 6.92 Å². The van der Waals surface area contributed by atoms with Crippen molar-refractivity contribution in [3.8, 4) is 0 Å². The number of rotatable bonds is 6. The van der Waals surface area contributed by atoms with Crippen molar-refractivity contribution < 1.29 is 8.42 Å². The lowest BCUT2D eigenvalue weighted by Gasteiger charge is -2.07. The first-order chi connectivity index (χ1) is 7.90. The number of hydrogen-bond acceptors (Lipinski definition) is 5. The van der Waals surface area contributed by atoms with Crippen LogP contribution in [0.5, 0.6) is 0 Å². The number of anilines is 1. The zero-order valence-corrected chi connectivity index (χ0v) is 11.3. The van der Waals surface area contributed by atoms with Gasteiger partial charge in [-0.3, -0.25) is 0 Å². The molecule has 0 aromatic carbocycles. The minimum Gasteiger partial charge on any atom is -0.370 e. The fourth-order valence-electron chi connectivity index (χ4n) is 1.45. The predicted molar refractivity (Wildman–Crippen MR) is 69.0 cm³/mol. The van der Waals surface area contributed by atoms with E-state index in [4.69, 9.17) is 0 Å². The Morgan fingerprint density at radius 3 is 2.65 bits per heavy atom. The third-order valence-electron chi connectivity index (χ3n) is 2.25. The van der Waals surface area contributed by atoms with Crippen molar-refractivity contribution in [2.75, 3.05) is 23.9 Å². The minimum atomic E-state index is -2.87. The molecule has 17 heavy (non-hydrogen) atoms. The van der Waals surface area contributed by atoms with Crippen molar-refractivity contribution in [1.82, 2.24) is 9.97 Å². The first-order valence-corrected chi connectivity index (χ1v) is 7.73. The highest BCUT2D eigenvalue weighted by Gasteiger charge is 2.03. The van der Waals surface area contributed by atoms with Gasteiger partial charge in [0, 0.05) is 24.6 Å². The zero-order chi connectivity index (χ0) is 12.9. The summed E-state index contributed by atoms with van der Waals surface area (Å²) in [6, 6.07) is 1.90. The average molecular weight is 257 g/mol. The predicted octanol–water partition coefficient (Wildman–Crippen LogP) is 1.19. The van der Waals surface area contributed by atoms with E-state index in [1.807, 2.05) is 19.9 Å². The van der Waals surface area contributed by atoms with Crippen molar-refractivity contribution in [2.24, 2.45) is 0 Å². The quantitative estimate of drug-likeness (QED) is 0.775. The molecule has 0 saturated heterocycles. The first-order valence-electron chi connectivity index (χ1n) is 5.67. The van der Waals surface area contributed by atoms with Crippen molar-refractivity contribution in [3.63, 3.8) is 0 Å². The molecule has 0 bridgehead atoms. The van der Waals surface area contributed by atoms with E-state index < -0.39 is 9.84 Å². The molecule has 0 aliphatic rings. The maximum atomic E-state index is 10.9. The first kappa shape index (κ1) is 13.9. The molecular formula is C11H19N3O2S. The number of sulfone groups is 1. The summed E-state index contributed by atoms with van der Waals surface area (Å²) in [6.07, 6.45) is 2.70. The third-order valence-corrected chi connectivity index (χ3v) is 3.28. The van der Waals surface area contributed by atoms with Crippen LogP contribution in [0.25, 0.3) is 0 Å². The van der Waals surface area contributed by atoms with Gasteiger partial charge >= 0.3 is 0 Å². The maximum Gasteiger partial charge on any atom is 0.147 e. The van der Waals surface area contributed by atoms with Crippen LogP contribution in [-0.4, -0.2) is 36.9 Å². The highest BCUT2D eigenvalue weighted by Crippen LogP contribution is 2.07. The van der Waals surface area contributed by atoms with Crippen molar-refractivity contribution in [2.45, 2.75) is 26.7 Å². The van der Waals surface area contributed by atoms with Crippen LogP contribution < -0.4 is 5.32 Å². The lowest BCUT2D eigenvalue weighted by Crippen LogP contribution is -2.11. The Morgan fingerprint density at radius 2 is 2.06 bits per heavy atom.